The molecule has 0 aliphatic heterocycles. The number of carbonyl (C=O) groups excluding carboxylic acids is 2. The third-order valence-corrected chi connectivity index (χ3v) is 6.11. The number of hydrogen-bond acceptors (Lipinski definition) is 3. The van der Waals surface area contributed by atoms with Gasteiger partial charge in [-0.15, -0.1) is 0 Å². The lowest BCUT2D eigenvalue weighted by Crippen LogP contribution is -2.47. The molecule has 2 aromatic carbocycles. The maximum atomic E-state index is 12.8. The average Bonchev–Trinajstić information content (AvgIpc) is 2.66. The number of rotatable bonds is 9. The Bertz CT molecular complexity index is 895. The Morgan fingerprint density at radius 1 is 1.07 bits per heavy atom. The van der Waals surface area contributed by atoms with E-state index in [0.29, 0.717) is 23.6 Å². The fourth-order valence-corrected chi connectivity index (χ4v) is 4.42. The van der Waals surface area contributed by atoms with Crippen molar-refractivity contribution >= 4 is 46.8 Å². The molecular formula is C23H28Cl2N2O2S. The molecule has 162 valence electrons. The summed E-state index contributed by atoms with van der Waals surface area (Å²) >= 11 is 13.7. The van der Waals surface area contributed by atoms with Gasteiger partial charge in [-0.2, -0.15) is 11.8 Å². The Balaban J connectivity index is 2.02. The number of hydrogen-bond donors (Lipinski definition) is 2. The molecule has 1 unspecified atom stereocenters. The predicted molar refractivity (Wildman–Crippen MR) is 128 cm³/mol. The highest BCUT2D eigenvalue weighted by Gasteiger charge is 2.22. The number of aryl methyl sites for hydroxylation is 3. The summed E-state index contributed by atoms with van der Waals surface area (Å²) < 4.78 is 0. The van der Waals surface area contributed by atoms with Gasteiger partial charge in [-0.3, -0.25) is 9.59 Å². The third kappa shape index (κ3) is 6.93. The number of thioether (sulfide) groups is 1. The lowest BCUT2D eigenvalue weighted by molar-refractivity contribution is -0.122. The smallest absolute Gasteiger partial charge is 0.253 e. The highest BCUT2D eigenvalue weighted by atomic mass is 35.5. The molecule has 2 aromatic rings. The van der Waals surface area contributed by atoms with E-state index in [-0.39, 0.29) is 16.8 Å². The van der Waals surface area contributed by atoms with Gasteiger partial charge >= 0.3 is 0 Å². The molecule has 0 heterocycles. The lowest BCUT2D eigenvalue weighted by atomic mass is 9.97. The van der Waals surface area contributed by atoms with Crippen molar-refractivity contribution in [2.75, 3.05) is 18.6 Å². The molecule has 4 nitrogen and oxygen atoms in total. The molecule has 1 atom stereocenters. The Labute approximate surface area is 193 Å². The Kier molecular flexibility index (Phi) is 9.53. The first-order chi connectivity index (χ1) is 14.2. The van der Waals surface area contributed by atoms with E-state index in [1.54, 1.807) is 23.9 Å². The van der Waals surface area contributed by atoms with Crippen molar-refractivity contribution in [2.45, 2.75) is 39.7 Å². The Morgan fingerprint density at radius 2 is 1.73 bits per heavy atom. The van der Waals surface area contributed by atoms with E-state index in [1.165, 1.54) is 28.3 Å². The number of nitrogens with one attached hydrogen (secondary N) is 2. The molecule has 0 spiro atoms. The van der Waals surface area contributed by atoms with Crippen LogP contribution in [0.5, 0.6) is 0 Å². The number of halogens is 2. The fourth-order valence-electron chi connectivity index (χ4n) is 3.45. The monoisotopic (exact) mass is 466 g/mol. The van der Waals surface area contributed by atoms with Crippen LogP contribution in [0.1, 0.15) is 39.0 Å². The van der Waals surface area contributed by atoms with Gasteiger partial charge in [0.05, 0.1) is 10.6 Å². The van der Waals surface area contributed by atoms with Gasteiger partial charge in [0.15, 0.2) is 0 Å². The normalized spacial score (nSPS) is 11.8. The van der Waals surface area contributed by atoms with Gasteiger partial charge in [0.1, 0.15) is 6.04 Å². The summed E-state index contributed by atoms with van der Waals surface area (Å²) in [6, 6.07) is 8.36. The molecule has 2 amide bonds. The van der Waals surface area contributed by atoms with Crippen LogP contribution >= 0.6 is 35.0 Å². The van der Waals surface area contributed by atoms with Gasteiger partial charge in [-0.25, -0.2) is 0 Å². The minimum absolute atomic E-state index is 0.190. The second-order valence-electron chi connectivity index (χ2n) is 7.35. The van der Waals surface area contributed by atoms with Gasteiger partial charge in [-0.1, -0.05) is 40.9 Å². The van der Waals surface area contributed by atoms with E-state index in [9.17, 15) is 9.59 Å². The minimum atomic E-state index is -0.628. The van der Waals surface area contributed by atoms with Crippen molar-refractivity contribution in [3.05, 3.63) is 68.2 Å². The van der Waals surface area contributed by atoms with E-state index in [1.807, 2.05) is 6.26 Å². The zero-order chi connectivity index (χ0) is 22.3. The number of benzene rings is 2. The third-order valence-electron chi connectivity index (χ3n) is 4.92. The molecule has 0 aromatic heterocycles. The van der Waals surface area contributed by atoms with E-state index in [4.69, 9.17) is 23.2 Å². The van der Waals surface area contributed by atoms with Crippen molar-refractivity contribution in [1.29, 1.82) is 0 Å². The van der Waals surface area contributed by atoms with Crippen molar-refractivity contribution < 1.29 is 9.59 Å². The van der Waals surface area contributed by atoms with Gasteiger partial charge in [0.25, 0.3) is 5.91 Å². The highest BCUT2D eigenvalue weighted by Crippen LogP contribution is 2.21. The quantitative estimate of drug-likeness (QED) is 0.538. The first-order valence-electron chi connectivity index (χ1n) is 9.82. The van der Waals surface area contributed by atoms with E-state index < -0.39 is 6.04 Å². The molecule has 0 bridgehead atoms. The number of amides is 2. The molecule has 0 saturated heterocycles. The Hall–Kier alpha value is -1.69. The van der Waals surface area contributed by atoms with Crippen LogP contribution < -0.4 is 10.6 Å². The average molecular weight is 467 g/mol. The van der Waals surface area contributed by atoms with Crippen LogP contribution in [0.25, 0.3) is 0 Å². The molecule has 2 N–H and O–H groups in total. The second kappa shape index (κ2) is 11.6. The lowest BCUT2D eigenvalue weighted by Gasteiger charge is -2.19. The van der Waals surface area contributed by atoms with Crippen LogP contribution in [0.15, 0.2) is 30.3 Å². The van der Waals surface area contributed by atoms with Gasteiger partial charge < -0.3 is 10.6 Å². The van der Waals surface area contributed by atoms with Crippen LogP contribution in [0.3, 0.4) is 0 Å². The maximum absolute atomic E-state index is 12.8. The predicted octanol–water partition coefficient (Wildman–Crippen LogP) is 5.13. The molecule has 2 rings (SSSR count). The summed E-state index contributed by atoms with van der Waals surface area (Å²) in [7, 11) is 0. The van der Waals surface area contributed by atoms with E-state index >= 15 is 0 Å². The van der Waals surface area contributed by atoms with E-state index in [0.717, 1.165) is 12.2 Å². The van der Waals surface area contributed by atoms with Crippen LogP contribution in [0.4, 0.5) is 0 Å². The van der Waals surface area contributed by atoms with Crippen LogP contribution in [-0.2, 0) is 11.2 Å². The minimum Gasteiger partial charge on any atom is -0.354 e. The zero-order valence-electron chi connectivity index (χ0n) is 17.8. The summed E-state index contributed by atoms with van der Waals surface area (Å²) in [5, 5.41) is 6.50. The SMILES string of the molecule is CSCCC(NC(=O)c1ccc(Cl)cc1Cl)C(=O)NCCc1c(C)cc(C)cc1C. The van der Waals surface area contributed by atoms with Crippen LogP contribution in [-0.4, -0.2) is 36.4 Å². The molecule has 7 heteroatoms. The molecule has 0 fully saturated rings. The molecule has 0 aliphatic carbocycles. The largest absolute Gasteiger partial charge is 0.354 e. The Morgan fingerprint density at radius 3 is 2.33 bits per heavy atom. The molecule has 30 heavy (non-hydrogen) atoms. The molecule has 0 saturated carbocycles. The summed E-state index contributed by atoms with van der Waals surface area (Å²) in [6.07, 6.45) is 3.25. The van der Waals surface area contributed by atoms with Gasteiger partial charge in [-0.05, 0) is 80.5 Å². The van der Waals surface area contributed by atoms with Crippen molar-refractivity contribution in [3.8, 4) is 0 Å². The van der Waals surface area contributed by atoms with Crippen LogP contribution in [0, 0.1) is 20.8 Å². The van der Waals surface area contributed by atoms with Crippen molar-refractivity contribution in [2.24, 2.45) is 0 Å². The summed E-state index contributed by atoms with van der Waals surface area (Å²) in [6.45, 7) is 6.78. The van der Waals surface area contributed by atoms with Crippen molar-refractivity contribution in [3.63, 3.8) is 0 Å². The highest BCUT2D eigenvalue weighted by molar-refractivity contribution is 7.98. The van der Waals surface area contributed by atoms with E-state index in [2.05, 4.69) is 43.5 Å². The van der Waals surface area contributed by atoms with Gasteiger partial charge in [0, 0.05) is 11.6 Å². The fraction of sp³-hybridized carbons (Fsp3) is 0.391. The zero-order valence-corrected chi connectivity index (χ0v) is 20.1. The molecule has 0 aliphatic rings. The maximum Gasteiger partial charge on any atom is 0.253 e. The first-order valence-corrected chi connectivity index (χ1v) is 12.0. The standard InChI is InChI=1S/C23H28Cl2N2O2S/c1-14-11-15(2)18(16(3)12-14)7-9-26-23(29)21(8-10-30-4)27-22(28)19-6-5-17(24)13-20(19)25/h5-6,11-13,21H,7-10H2,1-4H3,(H,26,29)(H,27,28). The first kappa shape index (κ1) is 24.6. The topological polar surface area (TPSA) is 58.2 Å². The van der Waals surface area contributed by atoms with Crippen LogP contribution in [0.2, 0.25) is 10.0 Å². The summed E-state index contributed by atoms with van der Waals surface area (Å²) in [5.41, 5.74) is 5.24. The summed E-state index contributed by atoms with van der Waals surface area (Å²) in [4.78, 5) is 25.4. The van der Waals surface area contributed by atoms with Crippen molar-refractivity contribution in [1.82, 2.24) is 10.6 Å². The molecular weight excluding hydrogens is 439 g/mol. The second-order valence-corrected chi connectivity index (χ2v) is 9.18. The number of carbonyl (C=O) groups is 2. The van der Waals surface area contributed by atoms with Gasteiger partial charge in [0.2, 0.25) is 5.91 Å². The molecule has 0 radical (unpaired) electrons. The summed E-state index contributed by atoms with van der Waals surface area (Å²) in [5.74, 6) is 0.177.